The van der Waals surface area contributed by atoms with E-state index >= 15 is 0 Å². The van der Waals surface area contributed by atoms with Crippen molar-refractivity contribution in [2.75, 3.05) is 11.9 Å². The summed E-state index contributed by atoms with van der Waals surface area (Å²) in [5, 5.41) is 17.4. The molecule has 0 spiro atoms. The second-order valence-electron chi connectivity index (χ2n) is 6.49. The second-order valence-corrected chi connectivity index (χ2v) is 6.49. The fraction of sp³-hybridized carbons (Fsp3) is 0.333. The van der Waals surface area contributed by atoms with E-state index < -0.39 is 0 Å². The molecule has 0 saturated carbocycles. The molecular formula is C21H26N4O. The molecule has 0 unspecified atom stereocenters. The van der Waals surface area contributed by atoms with Gasteiger partial charge in [-0.1, -0.05) is 43.7 Å². The highest BCUT2D eigenvalue weighted by molar-refractivity contribution is 5.63. The third-order valence-electron chi connectivity index (χ3n) is 4.30. The number of anilines is 1. The first-order valence-corrected chi connectivity index (χ1v) is 9.13. The summed E-state index contributed by atoms with van der Waals surface area (Å²) in [6.07, 6.45) is 4.10. The van der Waals surface area contributed by atoms with Gasteiger partial charge in [-0.3, -0.25) is 4.98 Å². The molecular weight excluding hydrogens is 324 g/mol. The molecule has 5 heteroatoms. The number of aliphatic hydroxyl groups is 1. The van der Waals surface area contributed by atoms with Gasteiger partial charge in [-0.15, -0.1) is 0 Å². The predicted molar refractivity (Wildman–Crippen MR) is 105 cm³/mol. The highest BCUT2D eigenvalue weighted by Gasteiger charge is 2.10. The van der Waals surface area contributed by atoms with Crippen LogP contribution < -0.4 is 5.32 Å². The van der Waals surface area contributed by atoms with E-state index in [4.69, 9.17) is 0 Å². The largest absolute Gasteiger partial charge is 0.394 e. The fourth-order valence-corrected chi connectivity index (χ4v) is 2.88. The van der Waals surface area contributed by atoms with Crippen LogP contribution in [0.15, 0.2) is 48.7 Å². The highest BCUT2D eigenvalue weighted by Crippen LogP contribution is 2.23. The molecule has 2 N–H and O–H groups in total. The van der Waals surface area contributed by atoms with Crippen molar-refractivity contribution >= 4 is 5.82 Å². The first kappa shape index (κ1) is 18.1. The summed E-state index contributed by atoms with van der Waals surface area (Å²) in [7, 11) is 0. The van der Waals surface area contributed by atoms with E-state index in [0.717, 1.165) is 41.2 Å². The van der Waals surface area contributed by atoms with Gasteiger partial charge in [0.1, 0.15) is 5.82 Å². The standard InChI is InChI=1S/C21H26N4O/c1-3-4-17-6-8-18(9-7-17)20-13-21(25(24-20)11-12-26)23-15-19-10-5-16(2)14-22-19/h5-10,13-14,23,26H,3-4,11-12,15H2,1-2H3. The van der Waals surface area contributed by atoms with Gasteiger partial charge in [-0.05, 0) is 30.5 Å². The number of aryl methyl sites for hydroxylation is 2. The van der Waals surface area contributed by atoms with Gasteiger partial charge in [-0.2, -0.15) is 5.10 Å². The van der Waals surface area contributed by atoms with Gasteiger partial charge in [0.2, 0.25) is 0 Å². The van der Waals surface area contributed by atoms with Crippen LogP contribution >= 0.6 is 0 Å². The molecule has 0 saturated heterocycles. The van der Waals surface area contributed by atoms with Crippen LogP contribution in [-0.4, -0.2) is 26.5 Å². The molecule has 5 nitrogen and oxygen atoms in total. The Balaban J connectivity index is 1.77. The molecule has 3 aromatic rings. The van der Waals surface area contributed by atoms with E-state index in [1.54, 1.807) is 0 Å². The molecule has 0 aliphatic heterocycles. The van der Waals surface area contributed by atoms with E-state index in [1.807, 2.05) is 29.9 Å². The number of hydrogen-bond donors (Lipinski definition) is 2. The zero-order valence-corrected chi connectivity index (χ0v) is 15.4. The summed E-state index contributed by atoms with van der Waals surface area (Å²) in [5.41, 5.74) is 5.44. The first-order chi connectivity index (χ1) is 12.7. The van der Waals surface area contributed by atoms with Crippen molar-refractivity contribution in [3.05, 3.63) is 65.5 Å². The molecule has 0 bridgehead atoms. The molecule has 2 aromatic heterocycles. The van der Waals surface area contributed by atoms with E-state index in [1.165, 1.54) is 5.56 Å². The van der Waals surface area contributed by atoms with Gasteiger partial charge in [0, 0.05) is 17.8 Å². The Bertz CT molecular complexity index is 822. The zero-order valence-electron chi connectivity index (χ0n) is 15.4. The van der Waals surface area contributed by atoms with E-state index in [2.05, 4.69) is 52.7 Å². The van der Waals surface area contributed by atoms with Crippen molar-refractivity contribution in [3.63, 3.8) is 0 Å². The van der Waals surface area contributed by atoms with Crippen molar-refractivity contribution in [1.82, 2.24) is 14.8 Å². The van der Waals surface area contributed by atoms with Crippen LogP contribution in [0.1, 0.15) is 30.2 Å². The quantitative estimate of drug-likeness (QED) is 0.648. The molecule has 26 heavy (non-hydrogen) atoms. The lowest BCUT2D eigenvalue weighted by atomic mass is 10.1. The average Bonchev–Trinajstić information content (AvgIpc) is 3.05. The lowest BCUT2D eigenvalue weighted by molar-refractivity contribution is 0.270. The SMILES string of the molecule is CCCc1ccc(-c2cc(NCc3ccc(C)cn3)n(CCO)n2)cc1. The summed E-state index contributed by atoms with van der Waals surface area (Å²) >= 11 is 0. The summed E-state index contributed by atoms with van der Waals surface area (Å²) < 4.78 is 1.81. The molecule has 0 amide bonds. The van der Waals surface area contributed by atoms with Crippen LogP contribution in [0.2, 0.25) is 0 Å². The maximum Gasteiger partial charge on any atom is 0.125 e. The van der Waals surface area contributed by atoms with Crippen LogP contribution in [0.4, 0.5) is 5.82 Å². The van der Waals surface area contributed by atoms with Gasteiger partial charge in [0.05, 0.1) is 31.1 Å². The number of pyridine rings is 1. The number of aromatic nitrogens is 3. The Morgan fingerprint density at radius 3 is 2.58 bits per heavy atom. The lowest BCUT2D eigenvalue weighted by Crippen LogP contribution is -2.10. The summed E-state index contributed by atoms with van der Waals surface area (Å²) in [4.78, 5) is 4.42. The number of nitrogens with one attached hydrogen (secondary N) is 1. The van der Waals surface area contributed by atoms with Crippen molar-refractivity contribution in [1.29, 1.82) is 0 Å². The summed E-state index contributed by atoms with van der Waals surface area (Å²) in [6.45, 7) is 5.34. The molecule has 0 aliphatic rings. The Hall–Kier alpha value is -2.66. The smallest absolute Gasteiger partial charge is 0.125 e. The fourth-order valence-electron chi connectivity index (χ4n) is 2.88. The Morgan fingerprint density at radius 2 is 1.92 bits per heavy atom. The normalized spacial score (nSPS) is 10.9. The summed E-state index contributed by atoms with van der Waals surface area (Å²) in [6, 6.07) is 14.6. The molecule has 0 fully saturated rings. The Labute approximate surface area is 154 Å². The Kier molecular flexibility index (Phi) is 6.02. The number of aliphatic hydroxyl groups excluding tert-OH is 1. The molecule has 0 radical (unpaired) electrons. The third-order valence-corrected chi connectivity index (χ3v) is 4.30. The molecule has 3 rings (SSSR count). The Morgan fingerprint density at radius 1 is 1.12 bits per heavy atom. The maximum absolute atomic E-state index is 9.33. The molecule has 136 valence electrons. The van der Waals surface area contributed by atoms with Crippen molar-refractivity contribution in [2.45, 2.75) is 39.8 Å². The van der Waals surface area contributed by atoms with Gasteiger partial charge in [0.25, 0.3) is 0 Å². The van der Waals surface area contributed by atoms with Crippen LogP contribution in [0.5, 0.6) is 0 Å². The van der Waals surface area contributed by atoms with Gasteiger partial charge < -0.3 is 10.4 Å². The zero-order chi connectivity index (χ0) is 18.4. The maximum atomic E-state index is 9.33. The van der Waals surface area contributed by atoms with Crippen molar-refractivity contribution in [2.24, 2.45) is 0 Å². The summed E-state index contributed by atoms with van der Waals surface area (Å²) in [5.74, 6) is 0.883. The number of nitrogens with zero attached hydrogens (tertiary/aromatic N) is 3. The monoisotopic (exact) mass is 350 g/mol. The van der Waals surface area contributed by atoms with Crippen molar-refractivity contribution in [3.8, 4) is 11.3 Å². The minimum Gasteiger partial charge on any atom is -0.394 e. The minimum atomic E-state index is 0.0496. The van der Waals surface area contributed by atoms with E-state index in [9.17, 15) is 5.11 Å². The van der Waals surface area contributed by atoms with Gasteiger partial charge in [-0.25, -0.2) is 4.68 Å². The second kappa shape index (κ2) is 8.63. The number of benzene rings is 1. The average molecular weight is 350 g/mol. The van der Waals surface area contributed by atoms with Crippen LogP contribution in [0.3, 0.4) is 0 Å². The van der Waals surface area contributed by atoms with Gasteiger partial charge >= 0.3 is 0 Å². The third kappa shape index (κ3) is 4.49. The van der Waals surface area contributed by atoms with E-state index in [0.29, 0.717) is 13.1 Å². The van der Waals surface area contributed by atoms with Crippen LogP contribution in [0.25, 0.3) is 11.3 Å². The molecule has 2 heterocycles. The first-order valence-electron chi connectivity index (χ1n) is 9.13. The molecule has 0 atom stereocenters. The van der Waals surface area contributed by atoms with Crippen LogP contribution in [-0.2, 0) is 19.5 Å². The van der Waals surface area contributed by atoms with Crippen LogP contribution in [0, 0.1) is 6.92 Å². The predicted octanol–water partition coefficient (Wildman–Crippen LogP) is 3.81. The molecule has 0 aliphatic carbocycles. The number of hydrogen-bond acceptors (Lipinski definition) is 4. The highest BCUT2D eigenvalue weighted by atomic mass is 16.3. The van der Waals surface area contributed by atoms with Gasteiger partial charge in [0.15, 0.2) is 0 Å². The number of rotatable bonds is 8. The van der Waals surface area contributed by atoms with E-state index in [-0.39, 0.29) is 6.61 Å². The van der Waals surface area contributed by atoms with Crippen molar-refractivity contribution < 1.29 is 5.11 Å². The molecule has 1 aromatic carbocycles. The lowest BCUT2D eigenvalue weighted by Gasteiger charge is -2.08. The minimum absolute atomic E-state index is 0.0496. The topological polar surface area (TPSA) is 63.0 Å².